The van der Waals surface area contributed by atoms with Gasteiger partial charge in [0.2, 0.25) is 0 Å². The molecule has 0 unspecified atom stereocenters. The molecule has 1 fully saturated rings. The van der Waals surface area contributed by atoms with Gasteiger partial charge in [0.25, 0.3) is 0 Å². The number of hydrogen-bond acceptors (Lipinski definition) is 2. The predicted molar refractivity (Wildman–Crippen MR) is 87.5 cm³/mol. The van der Waals surface area contributed by atoms with Gasteiger partial charge in [-0.25, -0.2) is 13.2 Å². The fraction of sp³-hybridized carbons (Fsp3) is 0.600. The summed E-state index contributed by atoms with van der Waals surface area (Å²) in [5.41, 5.74) is 0.277. The van der Waals surface area contributed by atoms with Gasteiger partial charge in [-0.2, -0.15) is 0 Å². The SMILES string of the molecule is CCCC[C@H](c1ccc(F)c(F)c1F)N1CCNCC1.Cl.Cl. The molecule has 1 N–H and O–H groups in total. The van der Waals surface area contributed by atoms with Gasteiger partial charge >= 0.3 is 0 Å². The maximum absolute atomic E-state index is 14.0. The maximum atomic E-state index is 14.0. The van der Waals surface area contributed by atoms with Crippen LogP contribution in [-0.4, -0.2) is 31.1 Å². The van der Waals surface area contributed by atoms with E-state index >= 15 is 0 Å². The monoisotopic (exact) mass is 358 g/mol. The molecule has 0 aliphatic carbocycles. The summed E-state index contributed by atoms with van der Waals surface area (Å²) in [7, 11) is 0. The Morgan fingerprint density at radius 2 is 1.73 bits per heavy atom. The number of hydrogen-bond donors (Lipinski definition) is 1. The summed E-state index contributed by atoms with van der Waals surface area (Å²) in [6, 6.07) is 2.23. The first kappa shape index (κ1) is 21.5. The van der Waals surface area contributed by atoms with Crippen LogP contribution in [0.15, 0.2) is 12.1 Å². The van der Waals surface area contributed by atoms with Gasteiger partial charge in [-0.05, 0) is 12.5 Å². The Morgan fingerprint density at radius 3 is 2.32 bits per heavy atom. The van der Waals surface area contributed by atoms with Crippen molar-refractivity contribution in [3.05, 3.63) is 35.1 Å². The van der Waals surface area contributed by atoms with Crippen molar-refractivity contribution >= 4 is 24.8 Å². The zero-order chi connectivity index (χ0) is 14.5. The molecular formula is C15H23Cl2F3N2. The molecule has 0 bridgehead atoms. The molecular weight excluding hydrogens is 336 g/mol. The summed E-state index contributed by atoms with van der Waals surface area (Å²) in [4.78, 5) is 2.15. The van der Waals surface area contributed by atoms with Gasteiger partial charge in [0.1, 0.15) is 0 Å². The van der Waals surface area contributed by atoms with E-state index in [0.717, 1.165) is 51.5 Å². The van der Waals surface area contributed by atoms with Crippen LogP contribution in [0.25, 0.3) is 0 Å². The average molecular weight is 359 g/mol. The summed E-state index contributed by atoms with van der Waals surface area (Å²) in [5, 5.41) is 3.24. The molecule has 1 aliphatic heterocycles. The molecule has 0 aromatic heterocycles. The summed E-state index contributed by atoms with van der Waals surface area (Å²) in [6.45, 7) is 5.35. The number of unbranched alkanes of at least 4 members (excludes halogenated alkanes) is 1. The molecule has 0 amide bonds. The third-order valence-corrected chi connectivity index (χ3v) is 3.85. The Labute approximate surface area is 142 Å². The molecule has 7 heteroatoms. The second-order valence-electron chi connectivity index (χ2n) is 5.21. The lowest BCUT2D eigenvalue weighted by molar-refractivity contribution is 0.159. The lowest BCUT2D eigenvalue weighted by Gasteiger charge is -2.35. The smallest absolute Gasteiger partial charge is 0.194 e. The Hall–Kier alpha value is -0.490. The number of nitrogens with zero attached hydrogens (tertiary/aromatic N) is 1. The topological polar surface area (TPSA) is 15.3 Å². The van der Waals surface area contributed by atoms with Gasteiger partial charge in [0.05, 0.1) is 0 Å². The van der Waals surface area contributed by atoms with E-state index in [-0.39, 0.29) is 36.4 Å². The highest BCUT2D eigenvalue weighted by molar-refractivity contribution is 5.85. The summed E-state index contributed by atoms with van der Waals surface area (Å²) in [5.74, 6) is -3.52. The Morgan fingerprint density at radius 1 is 1.09 bits per heavy atom. The average Bonchev–Trinajstić information content (AvgIpc) is 2.48. The largest absolute Gasteiger partial charge is 0.314 e. The van der Waals surface area contributed by atoms with Crippen LogP contribution in [0.1, 0.15) is 37.8 Å². The quantitative estimate of drug-likeness (QED) is 0.797. The van der Waals surface area contributed by atoms with Crippen LogP contribution >= 0.6 is 24.8 Å². The van der Waals surface area contributed by atoms with Crippen molar-refractivity contribution in [2.24, 2.45) is 0 Å². The number of piperazine rings is 1. The summed E-state index contributed by atoms with van der Waals surface area (Å²) in [6.07, 6.45) is 2.69. The standard InChI is InChI=1S/C15H21F3N2.2ClH/c1-2-3-4-13(20-9-7-19-8-10-20)11-5-6-12(16)15(18)14(11)17;;/h5-6,13,19H,2-4,7-10H2,1H3;2*1H/t13-;;/m1../s1. The van der Waals surface area contributed by atoms with Crippen molar-refractivity contribution in [2.45, 2.75) is 32.2 Å². The molecule has 128 valence electrons. The van der Waals surface area contributed by atoms with E-state index in [0.29, 0.717) is 0 Å². The van der Waals surface area contributed by atoms with Crippen LogP contribution in [-0.2, 0) is 0 Å². The Bertz CT molecular complexity index is 455. The van der Waals surface area contributed by atoms with E-state index in [4.69, 9.17) is 0 Å². The maximum Gasteiger partial charge on any atom is 0.194 e. The Balaban J connectivity index is 0.00000220. The third-order valence-electron chi connectivity index (χ3n) is 3.85. The van der Waals surface area contributed by atoms with Crippen molar-refractivity contribution in [3.8, 4) is 0 Å². The van der Waals surface area contributed by atoms with Crippen LogP contribution < -0.4 is 5.32 Å². The van der Waals surface area contributed by atoms with Gasteiger partial charge < -0.3 is 5.32 Å². The van der Waals surface area contributed by atoms with Crippen molar-refractivity contribution in [2.75, 3.05) is 26.2 Å². The van der Waals surface area contributed by atoms with E-state index in [1.807, 2.05) is 0 Å². The Kier molecular flexibility index (Phi) is 10.1. The fourth-order valence-corrected chi connectivity index (χ4v) is 2.72. The van der Waals surface area contributed by atoms with Crippen LogP contribution in [0.2, 0.25) is 0 Å². The van der Waals surface area contributed by atoms with Gasteiger partial charge in [-0.15, -0.1) is 24.8 Å². The minimum Gasteiger partial charge on any atom is -0.314 e. The first-order valence-electron chi connectivity index (χ1n) is 7.23. The molecule has 2 rings (SSSR count). The molecule has 0 saturated carbocycles. The van der Waals surface area contributed by atoms with Gasteiger partial charge in [0.15, 0.2) is 17.5 Å². The third kappa shape index (κ3) is 5.01. The van der Waals surface area contributed by atoms with E-state index in [9.17, 15) is 13.2 Å². The van der Waals surface area contributed by atoms with Gasteiger partial charge in [-0.1, -0.05) is 25.8 Å². The predicted octanol–water partition coefficient (Wildman–Crippen LogP) is 4.08. The van der Waals surface area contributed by atoms with E-state index in [1.165, 1.54) is 6.07 Å². The molecule has 1 aromatic rings. The highest BCUT2D eigenvalue weighted by Crippen LogP contribution is 2.30. The van der Waals surface area contributed by atoms with Crippen LogP contribution in [0.3, 0.4) is 0 Å². The van der Waals surface area contributed by atoms with Gasteiger partial charge in [0, 0.05) is 37.8 Å². The minimum atomic E-state index is -1.36. The summed E-state index contributed by atoms with van der Waals surface area (Å²) >= 11 is 0. The normalized spacial score (nSPS) is 16.5. The molecule has 1 atom stereocenters. The molecule has 22 heavy (non-hydrogen) atoms. The molecule has 1 saturated heterocycles. The lowest BCUT2D eigenvalue weighted by Crippen LogP contribution is -2.45. The number of benzene rings is 1. The number of nitrogens with one attached hydrogen (secondary N) is 1. The van der Waals surface area contributed by atoms with Crippen LogP contribution in [0.4, 0.5) is 13.2 Å². The molecule has 1 aliphatic rings. The van der Waals surface area contributed by atoms with E-state index in [2.05, 4.69) is 17.1 Å². The highest BCUT2D eigenvalue weighted by atomic mass is 35.5. The highest BCUT2D eigenvalue weighted by Gasteiger charge is 2.26. The lowest BCUT2D eigenvalue weighted by atomic mass is 9.98. The van der Waals surface area contributed by atoms with E-state index < -0.39 is 17.5 Å². The molecule has 0 spiro atoms. The summed E-state index contributed by atoms with van der Waals surface area (Å²) < 4.78 is 40.6. The van der Waals surface area contributed by atoms with Crippen LogP contribution in [0, 0.1) is 17.5 Å². The second-order valence-corrected chi connectivity index (χ2v) is 5.21. The van der Waals surface area contributed by atoms with Crippen molar-refractivity contribution in [3.63, 3.8) is 0 Å². The first-order valence-corrected chi connectivity index (χ1v) is 7.23. The van der Waals surface area contributed by atoms with Gasteiger partial charge in [-0.3, -0.25) is 4.90 Å². The molecule has 0 radical (unpaired) electrons. The molecule has 1 aromatic carbocycles. The number of rotatable bonds is 5. The fourth-order valence-electron chi connectivity index (χ4n) is 2.72. The first-order chi connectivity index (χ1) is 9.65. The number of halogens is 5. The van der Waals surface area contributed by atoms with Crippen molar-refractivity contribution < 1.29 is 13.2 Å². The molecule has 1 heterocycles. The second kappa shape index (κ2) is 10.3. The van der Waals surface area contributed by atoms with Crippen LogP contribution in [0.5, 0.6) is 0 Å². The zero-order valence-corrected chi connectivity index (χ0v) is 14.2. The van der Waals surface area contributed by atoms with Crippen molar-refractivity contribution in [1.29, 1.82) is 0 Å². The minimum absolute atomic E-state index is 0. The zero-order valence-electron chi connectivity index (χ0n) is 12.6. The van der Waals surface area contributed by atoms with E-state index in [1.54, 1.807) is 0 Å². The molecule has 2 nitrogen and oxygen atoms in total. The van der Waals surface area contributed by atoms with Crippen molar-refractivity contribution in [1.82, 2.24) is 10.2 Å².